The lowest BCUT2D eigenvalue weighted by Gasteiger charge is -1.99. The largest absolute Gasteiger partial charge is 0.397 e. The molecule has 0 amide bonds. The van der Waals surface area contributed by atoms with Crippen LogP contribution in [0.15, 0.2) is 18.5 Å². The van der Waals surface area contributed by atoms with Crippen LogP contribution in [0.3, 0.4) is 0 Å². The number of aromatic nitrogens is 2. The van der Waals surface area contributed by atoms with Gasteiger partial charge in [0, 0.05) is 7.05 Å². The molecule has 0 fully saturated rings. The van der Waals surface area contributed by atoms with Crippen LogP contribution in [0.25, 0.3) is 11.0 Å². The Balaban J connectivity index is 2.87. The molecule has 1 aromatic heterocycles. The first-order valence-corrected chi connectivity index (χ1v) is 3.64. The SMILES string of the molecule is Cn1cnc2cc(N)c(N)cc21. The maximum absolute atomic E-state index is 5.65. The smallest absolute Gasteiger partial charge is 0.0955 e. The Kier molecular flexibility index (Phi) is 1.24. The summed E-state index contributed by atoms with van der Waals surface area (Å²) >= 11 is 0. The summed E-state index contributed by atoms with van der Waals surface area (Å²) in [7, 11) is 1.92. The molecule has 0 radical (unpaired) electrons. The number of hydrogen-bond acceptors (Lipinski definition) is 3. The second kappa shape index (κ2) is 2.14. The summed E-state index contributed by atoms with van der Waals surface area (Å²) < 4.78 is 1.91. The molecule has 1 aromatic carbocycles. The molecule has 0 bridgehead atoms. The zero-order valence-electron chi connectivity index (χ0n) is 6.78. The lowest BCUT2D eigenvalue weighted by Crippen LogP contribution is -1.94. The third kappa shape index (κ3) is 0.812. The van der Waals surface area contributed by atoms with Crippen LogP contribution >= 0.6 is 0 Å². The molecule has 2 aromatic rings. The molecule has 62 valence electrons. The topological polar surface area (TPSA) is 69.9 Å². The number of nitrogens with zero attached hydrogens (tertiary/aromatic N) is 2. The van der Waals surface area contributed by atoms with Gasteiger partial charge in [-0.1, -0.05) is 0 Å². The third-order valence-corrected chi connectivity index (χ3v) is 1.93. The van der Waals surface area contributed by atoms with E-state index in [9.17, 15) is 0 Å². The first-order chi connectivity index (χ1) is 5.68. The molecule has 4 nitrogen and oxygen atoms in total. The fourth-order valence-electron chi connectivity index (χ4n) is 1.21. The number of fused-ring (bicyclic) bond motifs is 1. The average molecular weight is 162 g/mol. The molecular formula is C8H10N4. The summed E-state index contributed by atoms with van der Waals surface area (Å²) in [6, 6.07) is 3.61. The number of hydrogen-bond donors (Lipinski definition) is 2. The fraction of sp³-hybridized carbons (Fsp3) is 0.125. The van der Waals surface area contributed by atoms with Crippen LogP contribution in [-0.4, -0.2) is 9.55 Å². The standard InChI is InChI=1S/C8H10N4/c1-12-4-11-7-2-5(9)6(10)3-8(7)12/h2-4H,9-10H2,1H3. The average Bonchev–Trinajstić information content (AvgIpc) is 2.35. The van der Waals surface area contributed by atoms with E-state index in [2.05, 4.69) is 4.98 Å². The summed E-state index contributed by atoms with van der Waals surface area (Å²) in [4.78, 5) is 4.15. The minimum absolute atomic E-state index is 0.584. The van der Waals surface area contributed by atoms with Crippen molar-refractivity contribution >= 4 is 22.4 Å². The Bertz CT molecular complexity index is 430. The van der Waals surface area contributed by atoms with Gasteiger partial charge in [-0.3, -0.25) is 0 Å². The van der Waals surface area contributed by atoms with Gasteiger partial charge in [-0.15, -0.1) is 0 Å². The van der Waals surface area contributed by atoms with E-state index in [1.165, 1.54) is 0 Å². The highest BCUT2D eigenvalue weighted by Crippen LogP contribution is 2.21. The Morgan fingerprint density at radius 3 is 2.67 bits per heavy atom. The van der Waals surface area contributed by atoms with Crippen molar-refractivity contribution < 1.29 is 0 Å². The van der Waals surface area contributed by atoms with Gasteiger partial charge in [0.15, 0.2) is 0 Å². The first-order valence-electron chi connectivity index (χ1n) is 3.64. The van der Waals surface area contributed by atoms with Crippen molar-refractivity contribution in [1.29, 1.82) is 0 Å². The van der Waals surface area contributed by atoms with Gasteiger partial charge in [-0.25, -0.2) is 4.98 Å². The van der Waals surface area contributed by atoms with Gasteiger partial charge in [0.1, 0.15) is 0 Å². The monoisotopic (exact) mass is 162 g/mol. The molecule has 0 saturated carbocycles. The minimum Gasteiger partial charge on any atom is -0.397 e. The zero-order chi connectivity index (χ0) is 8.72. The van der Waals surface area contributed by atoms with Crippen LogP contribution < -0.4 is 11.5 Å². The molecule has 0 atom stereocenters. The quantitative estimate of drug-likeness (QED) is 0.561. The Hall–Kier alpha value is -1.71. The fourth-order valence-corrected chi connectivity index (χ4v) is 1.21. The highest BCUT2D eigenvalue weighted by atomic mass is 15.0. The van der Waals surface area contributed by atoms with E-state index < -0.39 is 0 Å². The van der Waals surface area contributed by atoms with E-state index in [1.54, 1.807) is 12.4 Å². The van der Waals surface area contributed by atoms with E-state index in [0.717, 1.165) is 11.0 Å². The van der Waals surface area contributed by atoms with Crippen molar-refractivity contribution in [2.24, 2.45) is 7.05 Å². The second-order valence-electron chi connectivity index (χ2n) is 2.83. The summed E-state index contributed by atoms with van der Waals surface area (Å²) in [6.07, 6.45) is 1.74. The van der Waals surface area contributed by atoms with Crippen molar-refractivity contribution in [2.75, 3.05) is 11.5 Å². The predicted molar refractivity (Wildman–Crippen MR) is 49.5 cm³/mol. The molecule has 2 rings (SSSR count). The summed E-state index contributed by atoms with van der Waals surface area (Å²) in [5, 5.41) is 0. The van der Waals surface area contributed by atoms with Crippen LogP contribution in [-0.2, 0) is 7.05 Å². The summed E-state index contributed by atoms with van der Waals surface area (Å²) in [6.45, 7) is 0. The van der Waals surface area contributed by atoms with Crippen molar-refractivity contribution in [1.82, 2.24) is 9.55 Å². The molecule has 0 saturated heterocycles. The molecular weight excluding hydrogens is 152 g/mol. The maximum Gasteiger partial charge on any atom is 0.0955 e. The van der Waals surface area contributed by atoms with Crippen molar-refractivity contribution in [3.8, 4) is 0 Å². The van der Waals surface area contributed by atoms with Crippen molar-refractivity contribution in [2.45, 2.75) is 0 Å². The van der Waals surface area contributed by atoms with Gasteiger partial charge >= 0.3 is 0 Å². The number of rotatable bonds is 0. The number of benzene rings is 1. The van der Waals surface area contributed by atoms with E-state index in [4.69, 9.17) is 11.5 Å². The Morgan fingerprint density at radius 2 is 1.92 bits per heavy atom. The third-order valence-electron chi connectivity index (χ3n) is 1.93. The van der Waals surface area contributed by atoms with E-state index in [-0.39, 0.29) is 0 Å². The number of anilines is 2. The van der Waals surface area contributed by atoms with Crippen molar-refractivity contribution in [3.05, 3.63) is 18.5 Å². The first kappa shape index (κ1) is 6.97. The van der Waals surface area contributed by atoms with Gasteiger partial charge < -0.3 is 16.0 Å². The number of imidazole rings is 1. The van der Waals surface area contributed by atoms with E-state index >= 15 is 0 Å². The lowest BCUT2D eigenvalue weighted by molar-refractivity contribution is 0.948. The molecule has 0 aliphatic heterocycles. The van der Waals surface area contributed by atoms with Gasteiger partial charge in [-0.05, 0) is 12.1 Å². The molecule has 0 unspecified atom stereocenters. The van der Waals surface area contributed by atoms with Crippen LogP contribution in [0, 0.1) is 0 Å². The molecule has 0 spiro atoms. The summed E-state index contributed by atoms with van der Waals surface area (Å²) in [5.41, 5.74) is 14.3. The molecule has 4 heteroatoms. The van der Waals surface area contributed by atoms with E-state index in [1.807, 2.05) is 17.7 Å². The number of aryl methyl sites for hydroxylation is 1. The lowest BCUT2D eigenvalue weighted by atomic mass is 10.2. The summed E-state index contributed by atoms with van der Waals surface area (Å²) in [5.74, 6) is 0. The molecule has 4 N–H and O–H groups in total. The van der Waals surface area contributed by atoms with Crippen LogP contribution in [0.2, 0.25) is 0 Å². The van der Waals surface area contributed by atoms with Gasteiger partial charge in [0.2, 0.25) is 0 Å². The van der Waals surface area contributed by atoms with Crippen LogP contribution in [0.5, 0.6) is 0 Å². The van der Waals surface area contributed by atoms with Gasteiger partial charge in [0.25, 0.3) is 0 Å². The number of nitrogen functional groups attached to an aromatic ring is 2. The predicted octanol–water partition coefficient (Wildman–Crippen LogP) is 0.738. The molecule has 1 heterocycles. The van der Waals surface area contributed by atoms with E-state index in [0.29, 0.717) is 11.4 Å². The molecule has 12 heavy (non-hydrogen) atoms. The Labute approximate surface area is 69.8 Å². The second-order valence-corrected chi connectivity index (χ2v) is 2.83. The minimum atomic E-state index is 0.584. The number of nitrogens with two attached hydrogens (primary N) is 2. The van der Waals surface area contributed by atoms with Crippen molar-refractivity contribution in [3.63, 3.8) is 0 Å². The van der Waals surface area contributed by atoms with Crippen LogP contribution in [0.4, 0.5) is 11.4 Å². The highest BCUT2D eigenvalue weighted by Gasteiger charge is 2.02. The van der Waals surface area contributed by atoms with Gasteiger partial charge in [0.05, 0.1) is 28.7 Å². The normalized spacial score (nSPS) is 10.8. The molecule has 0 aliphatic rings. The van der Waals surface area contributed by atoms with Gasteiger partial charge in [-0.2, -0.15) is 0 Å². The highest BCUT2D eigenvalue weighted by molar-refractivity contribution is 5.85. The maximum atomic E-state index is 5.65. The molecule has 0 aliphatic carbocycles. The zero-order valence-corrected chi connectivity index (χ0v) is 6.78. The Morgan fingerprint density at radius 1 is 1.25 bits per heavy atom. The van der Waals surface area contributed by atoms with Crippen LogP contribution in [0.1, 0.15) is 0 Å².